The van der Waals surface area contributed by atoms with Crippen LogP contribution < -0.4 is 10.1 Å². The average Bonchev–Trinajstić information content (AvgIpc) is 2.87. The smallest absolute Gasteiger partial charge is 0.243 e. The van der Waals surface area contributed by atoms with Crippen LogP contribution >= 0.6 is 11.8 Å². The minimum absolute atomic E-state index is 0.0667. The Hall–Kier alpha value is -3.32. The summed E-state index contributed by atoms with van der Waals surface area (Å²) >= 11 is 1.49. The van der Waals surface area contributed by atoms with Crippen LogP contribution in [0.2, 0.25) is 0 Å². The molecular formula is C29H33FN2O3S. The Balaban J connectivity index is 1.81. The molecule has 1 atom stereocenters. The van der Waals surface area contributed by atoms with Gasteiger partial charge in [0.15, 0.2) is 0 Å². The summed E-state index contributed by atoms with van der Waals surface area (Å²) in [5, 5.41) is 2.97. The van der Waals surface area contributed by atoms with Crippen molar-refractivity contribution in [2.45, 2.75) is 44.6 Å². The van der Waals surface area contributed by atoms with E-state index in [9.17, 15) is 14.0 Å². The first-order valence-corrected chi connectivity index (χ1v) is 13.1. The summed E-state index contributed by atoms with van der Waals surface area (Å²) in [7, 11) is 1.62. The van der Waals surface area contributed by atoms with Gasteiger partial charge in [-0.25, -0.2) is 4.39 Å². The third-order valence-electron chi connectivity index (χ3n) is 5.62. The van der Waals surface area contributed by atoms with Crippen molar-refractivity contribution in [1.29, 1.82) is 0 Å². The van der Waals surface area contributed by atoms with Crippen LogP contribution in [0.5, 0.6) is 5.75 Å². The molecule has 0 spiro atoms. The number of benzene rings is 3. The monoisotopic (exact) mass is 508 g/mol. The van der Waals surface area contributed by atoms with Gasteiger partial charge in [0.1, 0.15) is 17.6 Å². The summed E-state index contributed by atoms with van der Waals surface area (Å²) in [6, 6.07) is 22.7. The van der Waals surface area contributed by atoms with Crippen molar-refractivity contribution in [2.24, 2.45) is 0 Å². The summed E-state index contributed by atoms with van der Waals surface area (Å²) in [6.07, 6.45) is 0.384. The highest BCUT2D eigenvalue weighted by molar-refractivity contribution is 7.99. The number of nitrogens with zero attached hydrogens (tertiary/aromatic N) is 1. The minimum atomic E-state index is -0.700. The first-order valence-electron chi connectivity index (χ1n) is 11.9. The molecule has 36 heavy (non-hydrogen) atoms. The van der Waals surface area contributed by atoms with E-state index in [1.807, 2.05) is 68.4 Å². The number of nitrogens with one attached hydrogen (secondary N) is 1. The number of thioether (sulfide) groups is 1. The normalized spacial score (nSPS) is 11.7. The second-order valence-electron chi connectivity index (χ2n) is 8.86. The van der Waals surface area contributed by atoms with Gasteiger partial charge < -0.3 is 15.0 Å². The second kappa shape index (κ2) is 13.7. The Morgan fingerprint density at radius 2 is 1.56 bits per heavy atom. The van der Waals surface area contributed by atoms with Crippen LogP contribution in [-0.4, -0.2) is 41.7 Å². The number of amides is 2. The molecular weight excluding hydrogens is 475 g/mol. The number of hydrogen-bond acceptors (Lipinski definition) is 4. The van der Waals surface area contributed by atoms with Gasteiger partial charge in [-0.3, -0.25) is 9.59 Å². The number of methoxy groups -OCH3 is 1. The third-order valence-corrected chi connectivity index (χ3v) is 6.61. The zero-order valence-corrected chi connectivity index (χ0v) is 21.8. The molecule has 0 radical (unpaired) electrons. The maximum Gasteiger partial charge on any atom is 0.243 e. The molecule has 0 heterocycles. The lowest BCUT2D eigenvalue weighted by Gasteiger charge is -2.32. The molecule has 0 saturated carbocycles. The van der Waals surface area contributed by atoms with Gasteiger partial charge in [0.05, 0.1) is 12.9 Å². The Labute approximate surface area is 217 Å². The first-order chi connectivity index (χ1) is 17.4. The van der Waals surface area contributed by atoms with Crippen molar-refractivity contribution >= 4 is 23.6 Å². The van der Waals surface area contributed by atoms with E-state index in [1.54, 1.807) is 24.1 Å². The van der Waals surface area contributed by atoms with Gasteiger partial charge in [-0.15, -0.1) is 11.8 Å². The molecule has 0 aromatic heterocycles. The van der Waals surface area contributed by atoms with E-state index < -0.39 is 6.04 Å². The zero-order chi connectivity index (χ0) is 25.9. The molecule has 0 aliphatic carbocycles. The molecule has 0 aliphatic heterocycles. The molecule has 0 fully saturated rings. The second-order valence-corrected chi connectivity index (χ2v) is 9.84. The number of rotatable bonds is 12. The lowest BCUT2D eigenvalue weighted by Crippen LogP contribution is -2.52. The molecule has 2 amide bonds. The van der Waals surface area contributed by atoms with Gasteiger partial charge in [-0.1, -0.05) is 54.6 Å². The van der Waals surface area contributed by atoms with Gasteiger partial charge in [-0.2, -0.15) is 0 Å². The van der Waals surface area contributed by atoms with Gasteiger partial charge in [0, 0.05) is 24.8 Å². The number of ether oxygens (including phenoxy) is 1. The average molecular weight is 509 g/mol. The lowest BCUT2D eigenvalue weighted by atomic mass is 10.0. The Kier molecular flexibility index (Phi) is 10.4. The van der Waals surface area contributed by atoms with Gasteiger partial charge in [0.2, 0.25) is 11.8 Å². The summed E-state index contributed by atoms with van der Waals surface area (Å²) < 4.78 is 18.7. The summed E-state index contributed by atoms with van der Waals surface area (Å²) in [5.74, 6) is 0.965. The van der Waals surface area contributed by atoms with E-state index in [-0.39, 0.29) is 36.0 Å². The standard InChI is InChI=1S/C29H33FN2O3S/c1-21(2)31-29(34)27(17-22-7-5-4-6-8-22)32(18-23-9-13-25(30)14-10-23)28(33)20-36-19-24-11-15-26(35-3)16-12-24/h4-16,21,27H,17-20H2,1-3H3,(H,31,34)/t27-/m1/s1. The molecule has 1 N–H and O–H groups in total. The summed E-state index contributed by atoms with van der Waals surface area (Å²) in [4.78, 5) is 28.5. The van der Waals surface area contributed by atoms with E-state index >= 15 is 0 Å². The predicted octanol–water partition coefficient (Wildman–Crippen LogP) is 5.23. The van der Waals surface area contributed by atoms with Crippen molar-refractivity contribution in [3.05, 3.63) is 101 Å². The molecule has 3 aromatic carbocycles. The van der Waals surface area contributed by atoms with Crippen LogP contribution in [0.15, 0.2) is 78.9 Å². The molecule has 3 aromatic rings. The van der Waals surface area contributed by atoms with E-state index in [2.05, 4.69) is 5.32 Å². The molecule has 7 heteroatoms. The maximum absolute atomic E-state index is 13.6. The fourth-order valence-corrected chi connectivity index (χ4v) is 4.65. The van der Waals surface area contributed by atoms with Crippen molar-refractivity contribution in [3.63, 3.8) is 0 Å². The van der Waals surface area contributed by atoms with E-state index in [0.29, 0.717) is 12.2 Å². The highest BCUT2D eigenvalue weighted by Gasteiger charge is 2.30. The van der Waals surface area contributed by atoms with E-state index in [1.165, 1.54) is 23.9 Å². The summed E-state index contributed by atoms with van der Waals surface area (Å²) in [6.45, 7) is 4.01. The highest BCUT2D eigenvalue weighted by atomic mass is 32.2. The summed E-state index contributed by atoms with van der Waals surface area (Å²) in [5.41, 5.74) is 2.81. The molecule has 0 bridgehead atoms. The van der Waals surface area contributed by atoms with Crippen LogP contribution in [0, 0.1) is 5.82 Å². The lowest BCUT2D eigenvalue weighted by molar-refractivity contribution is -0.139. The van der Waals surface area contributed by atoms with Crippen LogP contribution in [0.1, 0.15) is 30.5 Å². The van der Waals surface area contributed by atoms with Gasteiger partial charge in [-0.05, 0) is 54.8 Å². The number of hydrogen-bond donors (Lipinski definition) is 1. The van der Waals surface area contributed by atoms with Crippen LogP contribution in [-0.2, 0) is 28.3 Å². The minimum Gasteiger partial charge on any atom is -0.497 e. The first kappa shape index (κ1) is 27.3. The van der Waals surface area contributed by atoms with Crippen molar-refractivity contribution in [2.75, 3.05) is 12.9 Å². The van der Waals surface area contributed by atoms with Crippen molar-refractivity contribution in [3.8, 4) is 5.75 Å². The highest BCUT2D eigenvalue weighted by Crippen LogP contribution is 2.20. The quantitative estimate of drug-likeness (QED) is 0.364. The SMILES string of the molecule is COc1ccc(CSCC(=O)N(Cc2ccc(F)cc2)[C@H](Cc2ccccc2)C(=O)NC(C)C)cc1. The molecule has 5 nitrogen and oxygen atoms in total. The fraction of sp³-hybridized carbons (Fsp3) is 0.310. The largest absolute Gasteiger partial charge is 0.497 e. The topological polar surface area (TPSA) is 58.6 Å². The molecule has 0 unspecified atom stereocenters. The predicted molar refractivity (Wildman–Crippen MR) is 143 cm³/mol. The Morgan fingerprint density at radius 1 is 0.917 bits per heavy atom. The molecule has 3 rings (SSSR count). The van der Waals surface area contributed by atoms with Gasteiger partial charge >= 0.3 is 0 Å². The molecule has 190 valence electrons. The molecule has 0 aliphatic rings. The van der Waals surface area contributed by atoms with Crippen molar-refractivity contribution in [1.82, 2.24) is 10.2 Å². The Bertz CT molecular complexity index is 1110. The van der Waals surface area contributed by atoms with Crippen LogP contribution in [0.3, 0.4) is 0 Å². The van der Waals surface area contributed by atoms with Gasteiger partial charge in [0.25, 0.3) is 0 Å². The van der Waals surface area contributed by atoms with E-state index in [4.69, 9.17) is 4.74 Å². The Morgan fingerprint density at radius 3 is 2.17 bits per heavy atom. The van der Waals surface area contributed by atoms with E-state index in [0.717, 1.165) is 22.4 Å². The zero-order valence-electron chi connectivity index (χ0n) is 20.9. The van der Waals surface area contributed by atoms with Crippen LogP contribution in [0.4, 0.5) is 4.39 Å². The number of halogens is 1. The third kappa shape index (κ3) is 8.41. The number of carbonyl (C=O) groups excluding carboxylic acids is 2. The molecule has 0 saturated heterocycles. The fourth-order valence-electron chi connectivity index (χ4n) is 3.78. The number of carbonyl (C=O) groups is 2. The maximum atomic E-state index is 13.6. The van der Waals surface area contributed by atoms with Crippen molar-refractivity contribution < 1.29 is 18.7 Å². The van der Waals surface area contributed by atoms with Crippen LogP contribution in [0.25, 0.3) is 0 Å².